The molecule has 0 bridgehead atoms. The molecular weight excluding hydrogens is 200 g/mol. The van der Waals surface area contributed by atoms with Gasteiger partial charge in [-0.15, -0.1) is 0 Å². The van der Waals surface area contributed by atoms with E-state index in [9.17, 15) is 4.79 Å². The summed E-state index contributed by atoms with van der Waals surface area (Å²) in [6.07, 6.45) is 1.04. The van der Waals surface area contributed by atoms with Crippen LogP contribution in [0.5, 0.6) is 0 Å². The Balaban J connectivity index is 2.08. The fourth-order valence-electron chi connectivity index (χ4n) is 2.17. The number of hydrogen-bond acceptors (Lipinski definition) is 2. The maximum atomic E-state index is 12.1. The van der Waals surface area contributed by atoms with Gasteiger partial charge in [0.2, 0.25) is 0 Å². The normalized spacial score (nSPS) is 20.1. The number of likely N-dealkylation sites (tertiary alicyclic amines) is 1. The van der Waals surface area contributed by atoms with E-state index in [1.165, 1.54) is 0 Å². The zero-order valence-electron chi connectivity index (χ0n) is 9.65. The number of benzene rings is 1. The molecule has 86 valence electrons. The Morgan fingerprint density at radius 1 is 1.56 bits per heavy atom. The fraction of sp³-hybridized carbons (Fsp3) is 0.462. The smallest absolute Gasteiger partial charge is 0.253 e. The predicted octanol–water partition coefficient (Wildman–Crippen LogP) is 1.42. The van der Waals surface area contributed by atoms with Crippen LogP contribution in [0.25, 0.3) is 0 Å². The van der Waals surface area contributed by atoms with Crippen LogP contribution in [0, 0.1) is 12.8 Å². The van der Waals surface area contributed by atoms with E-state index < -0.39 is 0 Å². The number of nitrogens with zero attached hydrogens (tertiary/aromatic N) is 1. The average molecular weight is 218 g/mol. The number of rotatable bonds is 2. The van der Waals surface area contributed by atoms with Gasteiger partial charge in [0.15, 0.2) is 0 Å². The van der Waals surface area contributed by atoms with Crippen molar-refractivity contribution in [3.63, 3.8) is 0 Å². The third kappa shape index (κ3) is 2.25. The van der Waals surface area contributed by atoms with E-state index in [4.69, 9.17) is 5.73 Å². The summed E-state index contributed by atoms with van der Waals surface area (Å²) in [4.78, 5) is 14.1. The van der Waals surface area contributed by atoms with Gasteiger partial charge in [0, 0.05) is 18.7 Å². The standard InChI is InChI=1S/C13H18N2O/c1-10-3-2-4-12(7-10)13(16)15-6-5-11(8-14)9-15/h2-4,7,11H,5-6,8-9,14H2,1H3. The van der Waals surface area contributed by atoms with Crippen molar-refractivity contribution in [1.29, 1.82) is 0 Å². The zero-order chi connectivity index (χ0) is 11.5. The summed E-state index contributed by atoms with van der Waals surface area (Å²) in [6.45, 7) is 4.33. The second-order valence-corrected chi connectivity index (χ2v) is 4.51. The summed E-state index contributed by atoms with van der Waals surface area (Å²) in [7, 11) is 0. The van der Waals surface area contributed by atoms with Crippen LogP contribution >= 0.6 is 0 Å². The summed E-state index contributed by atoms with van der Waals surface area (Å²) in [5.74, 6) is 0.619. The van der Waals surface area contributed by atoms with Gasteiger partial charge in [-0.25, -0.2) is 0 Å². The van der Waals surface area contributed by atoms with Crippen LogP contribution in [0.2, 0.25) is 0 Å². The minimum atomic E-state index is 0.139. The predicted molar refractivity (Wildman–Crippen MR) is 64.2 cm³/mol. The highest BCUT2D eigenvalue weighted by atomic mass is 16.2. The molecule has 1 heterocycles. The van der Waals surface area contributed by atoms with Gasteiger partial charge in [0.25, 0.3) is 5.91 Å². The monoisotopic (exact) mass is 218 g/mol. The quantitative estimate of drug-likeness (QED) is 0.816. The van der Waals surface area contributed by atoms with Crippen LogP contribution in [0.15, 0.2) is 24.3 Å². The van der Waals surface area contributed by atoms with E-state index in [0.717, 1.165) is 30.6 Å². The van der Waals surface area contributed by atoms with Crippen molar-refractivity contribution in [2.24, 2.45) is 11.7 Å². The van der Waals surface area contributed by atoms with E-state index in [-0.39, 0.29) is 5.91 Å². The molecule has 1 aromatic rings. The van der Waals surface area contributed by atoms with Gasteiger partial charge in [0.05, 0.1) is 0 Å². The lowest BCUT2D eigenvalue weighted by Gasteiger charge is -2.16. The number of amides is 1. The summed E-state index contributed by atoms with van der Waals surface area (Å²) >= 11 is 0. The molecule has 16 heavy (non-hydrogen) atoms. The molecule has 0 aliphatic carbocycles. The molecule has 2 N–H and O–H groups in total. The van der Waals surface area contributed by atoms with Gasteiger partial charge in [0.1, 0.15) is 0 Å². The first-order valence-corrected chi connectivity index (χ1v) is 5.76. The fourth-order valence-corrected chi connectivity index (χ4v) is 2.17. The van der Waals surface area contributed by atoms with Gasteiger partial charge in [-0.05, 0) is 37.9 Å². The van der Waals surface area contributed by atoms with Crippen LogP contribution in [-0.2, 0) is 0 Å². The van der Waals surface area contributed by atoms with Crippen molar-refractivity contribution < 1.29 is 4.79 Å². The van der Waals surface area contributed by atoms with Crippen molar-refractivity contribution in [3.8, 4) is 0 Å². The summed E-state index contributed by atoms with van der Waals surface area (Å²) in [5, 5.41) is 0. The Labute approximate surface area is 96.2 Å². The van der Waals surface area contributed by atoms with Crippen LogP contribution < -0.4 is 5.73 Å². The Hall–Kier alpha value is -1.35. The highest BCUT2D eigenvalue weighted by Crippen LogP contribution is 2.18. The number of aryl methyl sites for hydroxylation is 1. The lowest BCUT2D eigenvalue weighted by Crippen LogP contribution is -2.29. The van der Waals surface area contributed by atoms with E-state index in [2.05, 4.69) is 0 Å². The zero-order valence-corrected chi connectivity index (χ0v) is 9.65. The van der Waals surface area contributed by atoms with Crippen molar-refractivity contribution in [2.75, 3.05) is 19.6 Å². The molecule has 1 aliphatic heterocycles. The molecule has 3 heteroatoms. The molecule has 1 fully saturated rings. The minimum Gasteiger partial charge on any atom is -0.338 e. The van der Waals surface area contributed by atoms with Crippen molar-refractivity contribution in [2.45, 2.75) is 13.3 Å². The van der Waals surface area contributed by atoms with Crippen LogP contribution in [0.1, 0.15) is 22.3 Å². The van der Waals surface area contributed by atoms with Crippen LogP contribution in [-0.4, -0.2) is 30.4 Å². The molecule has 0 aromatic heterocycles. The number of carbonyl (C=O) groups is 1. The number of hydrogen-bond donors (Lipinski definition) is 1. The molecule has 3 nitrogen and oxygen atoms in total. The maximum Gasteiger partial charge on any atom is 0.253 e. The summed E-state index contributed by atoms with van der Waals surface area (Å²) < 4.78 is 0. The number of nitrogens with two attached hydrogens (primary N) is 1. The topological polar surface area (TPSA) is 46.3 Å². The summed E-state index contributed by atoms with van der Waals surface area (Å²) in [5.41, 5.74) is 7.54. The third-order valence-electron chi connectivity index (χ3n) is 3.17. The number of carbonyl (C=O) groups excluding carboxylic acids is 1. The molecule has 1 aliphatic rings. The van der Waals surface area contributed by atoms with Gasteiger partial charge in [-0.1, -0.05) is 17.7 Å². The molecule has 0 saturated carbocycles. The van der Waals surface area contributed by atoms with Gasteiger partial charge >= 0.3 is 0 Å². The first-order valence-electron chi connectivity index (χ1n) is 5.76. The van der Waals surface area contributed by atoms with Crippen molar-refractivity contribution in [1.82, 2.24) is 4.90 Å². The Bertz CT molecular complexity index is 389. The lowest BCUT2D eigenvalue weighted by atomic mass is 10.1. The lowest BCUT2D eigenvalue weighted by molar-refractivity contribution is 0.0787. The van der Waals surface area contributed by atoms with E-state index in [0.29, 0.717) is 12.5 Å². The first-order chi connectivity index (χ1) is 7.70. The molecule has 1 amide bonds. The molecule has 1 unspecified atom stereocenters. The van der Waals surface area contributed by atoms with Crippen LogP contribution in [0.3, 0.4) is 0 Å². The highest BCUT2D eigenvalue weighted by Gasteiger charge is 2.25. The molecule has 0 radical (unpaired) electrons. The van der Waals surface area contributed by atoms with Crippen molar-refractivity contribution >= 4 is 5.91 Å². The van der Waals surface area contributed by atoms with E-state index in [1.54, 1.807) is 0 Å². The van der Waals surface area contributed by atoms with E-state index >= 15 is 0 Å². The second-order valence-electron chi connectivity index (χ2n) is 4.51. The molecule has 0 spiro atoms. The second kappa shape index (κ2) is 4.66. The van der Waals surface area contributed by atoms with Gasteiger partial charge in [-0.2, -0.15) is 0 Å². The average Bonchev–Trinajstić information content (AvgIpc) is 2.76. The molecule has 1 aromatic carbocycles. The minimum absolute atomic E-state index is 0.139. The summed E-state index contributed by atoms with van der Waals surface area (Å²) in [6, 6.07) is 7.76. The van der Waals surface area contributed by atoms with Crippen LogP contribution in [0.4, 0.5) is 0 Å². The van der Waals surface area contributed by atoms with Gasteiger partial charge in [-0.3, -0.25) is 4.79 Å². The van der Waals surface area contributed by atoms with Crippen molar-refractivity contribution in [3.05, 3.63) is 35.4 Å². The largest absolute Gasteiger partial charge is 0.338 e. The van der Waals surface area contributed by atoms with Gasteiger partial charge < -0.3 is 10.6 Å². The highest BCUT2D eigenvalue weighted by molar-refractivity contribution is 5.94. The Morgan fingerprint density at radius 3 is 3.00 bits per heavy atom. The SMILES string of the molecule is Cc1cccc(C(=O)N2CCC(CN)C2)c1. The Kier molecular flexibility index (Phi) is 3.25. The molecule has 1 saturated heterocycles. The van der Waals surface area contributed by atoms with E-state index in [1.807, 2.05) is 36.1 Å². The third-order valence-corrected chi connectivity index (χ3v) is 3.17. The first kappa shape index (κ1) is 11.1. The molecule has 1 atom stereocenters. The maximum absolute atomic E-state index is 12.1. The Morgan fingerprint density at radius 2 is 2.38 bits per heavy atom. The molecular formula is C13H18N2O. The molecule has 2 rings (SSSR count).